The van der Waals surface area contributed by atoms with Crippen molar-refractivity contribution < 1.29 is 9.47 Å². The zero-order chi connectivity index (χ0) is 17.2. The number of ether oxygens (including phenoxy) is 2. The molecule has 1 heterocycles. The Bertz CT molecular complexity index is 680. The van der Waals surface area contributed by atoms with Crippen molar-refractivity contribution in [2.24, 2.45) is 10.7 Å². The summed E-state index contributed by atoms with van der Waals surface area (Å²) in [6.45, 7) is 3.46. The van der Waals surface area contributed by atoms with E-state index in [9.17, 15) is 0 Å². The average Bonchev–Trinajstić information content (AvgIpc) is 2.61. The third-order valence-corrected chi connectivity index (χ3v) is 3.40. The number of nitrogens with one attached hydrogen (secondary N) is 1. The van der Waals surface area contributed by atoms with Gasteiger partial charge < -0.3 is 20.5 Å². The van der Waals surface area contributed by atoms with Gasteiger partial charge in [-0.1, -0.05) is 25.1 Å². The highest BCUT2D eigenvalue weighted by Gasteiger charge is 2.04. The summed E-state index contributed by atoms with van der Waals surface area (Å²) in [4.78, 5) is 8.59. The van der Waals surface area contributed by atoms with E-state index in [0.29, 0.717) is 31.6 Å². The number of aliphatic imine (C=N–C) groups is 1. The lowest BCUT2D eigenvalue weighted by Gasteiger charge is -2.09. The molecule has 2 rings (SSSR count). The molecule has 0 aliphatic heterocycles. The molecule has 1 aromatic heterocycles. The van der Waals surface area contributed by atoms with Gasteiger partial charge in [-0.25, -0.2) is 9.98 Å². The van der Waals surface area contributed by atoms with Crippen LogP contribution in [0, 0.1) is 0 Å². The third-order valence-electron chi connectivity index (χ3n) is 3.40. The average molecular weight is 456 g/mol. The predicted molar refractivity (Wildman–Crippen MR) is 112 cm³/mol. The van der Waals surface area contributed by atoms with E-state index in [-0.39, 0.29) is 24.0 Å². The summed E-state index contributed by atoms with van der Waals surface area (Å²) in [5.74, 6) is 0.911. The number of methoxy groups -OCH3 is 1. The monoisotopic (exact) mass is 456 g/mol. The molecule has 0 unspecified atom stereocenters. The molecule has 25 heavy (non-hydrogen) atoms. The molecular formula is C18H25IN4O2. The molecule has 0 bridgehead atoms. The number of anilines is 1. The highest BCUT2D eigenvalue weighted by Crippen LogP contribution is 2.16. The van der Waals surface area contributed by atoms with Crippen molar-refractivity contribution in [1.82, 2.24) is 4.98 Å². The van der Waals surface area contributed by atoms with Gasteiger partial charge in [-0.3, -0.25) is 0 Å². The van der Waals surface area contributed by atoms with Gasteiger partial charge in [-0.15, -0.1) is 24.0 Å². The van der Waals surface area contributed by atoms with Crippen LogP contribution in [0.4, 0.5) is 5.69 Å². The highest BCUT2D eigenvalue weighted by atomic mass is 127. The molecule has 0 saturated heterocycles. The van der Waals surface area contributed by atoms with Crippen LogP contribution in [0.3, 0.4) is 0 Å². The first-order valence-corrected chi connectivity index (χ1v) is 7.94. The molecule has 0 atom stereocenters. The van der Waals surface area contributed by atoms with Gasteiger partial charge in [0, 0.05) is 24.6 Å². The second-order valence-corrected chi connectivity index (χ2v) is 5.19. The number of guanidine groups is 1. The van der Waals surface area contributed by atoms with E-state index < -0.39 is 0 Å². The molecule has 1 aromatic carbocycles. The predicted octanol–water partition coefficient (Wildman–Crippen LogP) is 3.21. The van der Waals surface area contributed by atoms with E-state index in [0.717, 1.165) is 17.7 Å². The minimum atomic E-state index is 0. The maximum absolute atomic E-state index is 5.97. The molecule has 0 fully saturated rings. The molecule has 0 aliphatic rings. The first-order valence-electron chi connectivity index (χ1n) is 7.94. The molecule has 0 saturated carbocycles. The molecule has 3 N–H and O–H groups in total. The number of hydrogen-bond acceptors (Lipinski definition) is 4. The van der Waals surface area contributed by atoms with E-state index in [1.54, 1.807) is 13.3 Å². The standard InChI is InChI=1S/C18H24N4O2.HI/c1-3-14-6-4-8-16(12-14)22-18(19)21-13-15-7-5-9-20-17(15)24-11-10-23-2;/h4-9,12H,3,10-11,13H2,1-2H3,(H3,19,21,22);1H. The zero-order valence-electron chi connectivity index (χ0n) is 14.6. The first kappa shape index (κ1) is 21.2. The summed E-state index contributed by atoms with van der Waals surface area (Å²) in [5.41, 5.74) is 9.02. The Morgan fingerprint density at radius 2 is 2.08 bits per heavy atom. The largest absolute Gasteiger partial charge is 0.475 e. The van der Waals surface area contributed by atoms with Gasteiger partial charge in [0.15, 0.2) is 5.96 Å². The van der Waals surface area contributed by atoms with Crippen LogP contribution in [0.2, 0.25) is 0 Å². The van der Waals surface area contributed by atoms with E-state index in [1.165, 1.54) is 5.56 Å². The number of aryl methyl sites for hydroxylation is 1. The van der Waals surface area contributed by atoms with Gasteiger partial charge >= 0.3 is 0 Å². The van der Waals surface area contributed by atoms with Gasteiger partial charge in [0.2, 0.25) is 5.88 Å². The van der Waals surface area contributed by atoms with Crippen molar-refractivity contribution in [2.45, 2.75) is 19.9 Å². The molecule has 7 heteroatoms. The third kappa shape index (κ3) is 7.27. The Balaban J connectivity index is 0.00000312. The lowest BCUT2D eigenvalue weighted by Crippen LogP contribution is -2.22. The Hall–Kier alpha value is -1.87. The molecule has 0 aliphatic carbocycles. The van der Waals surface area contributed by atoms with Crippen LogP contribution in [0.15, 0.2) is 47.6 Å². The van der Waals surface area contributed by atoms with Crippen LogP contribution in [-0.4, -0.2) is 31.3 Å². The van der Waals surface area contributed by atoms with Crippen molar-refractivity contribution in [2.75, 3.05) is 25.6 Å². The molecule has 2 aromatic rings. The molecule has 6 nitrogen and oxygen atoms in total. The molecule has 136 valence electrons. The quantitative estimate of drug-likeness (QED) is 0.276. The lowest BCUT2D eigenvalue weighted by atomic mass is 10.1. The molecule has 0 radical (unpaired) electrons. The topological polar surface area (TPSA) is 81.8 Å². The number of rotatable bonds is 8. The number of hydrogen-bond donors (Lipinski definition) is 2. The number of pyridine rings is 1. The summed E-state index contributed by atoms with van der Waals surface area (Å²) in [7, 11) is 1.63. The van der Waals surface area contributed by atoms with Crippen molar-refractivity contribution in [3.05, 3.63) is 53.7 Å². The van der Waals surface area contributed by atoms with Crippen molar-refractivity contribution >= 4 is 35.6 Å². The van der Waals surface area contributed by atoms with Crippen LogP contribution in [0.1, 0.15) is 18.1 Å². The van der Waals surface area contributed by atoms with Crippen molar-refractivity contribution in [3.63, 3.8) is 0 Å². The Morgan fingerprint density at radius 1 is 1.24 bits per heavy atom. The highest BCUT2D eigenvalue weighted by molar-refractivity contribution is 14.0. The maximum Gasteiger partial charge on any atom is 0.218 e. The fourth-order valence-electron chi connectivity index (χ4n) is 2.12. The van der Waals surface area contributed by atoms with Crippen molar-refractivity contribution in [1.29, 1.82) is 0 Å². The number of halogens is 1. The fourth-order valence-corrected chi connectivity index (χ4v) is 2.12. The molecular weight excluding hydrogens is 431 g/mol. The normalized spacial score (nSPS) is 10.9. The van der Waals surface area contributed by atoms with Crippen LogP contribution in [0.5, 0.6) is 5.88 Å². The second-order valence-electron chi connectivity index (χ2n) is 5.19. The SMILES string of the molecule is CCc1cccc(NC(N)=NCc2cccnc2OCCOC)c1.I. The Labute approximate surface area is 165 Å². The van der Waals surface area contributed by atoms with Gasteiger partial charge in [0.25, 0.3) is 0 Å². The van der Waals surface area contributed by atoms with E-state index in [4.69, 9.17) is 15.2 Å². The lowest BCUT2D eigenvalue weighted by molar-refractivity contribution is 0.143. The Morgan fingerprint density at radius 3 is 2.84 bits per heavy atom. The van der Waals surface area contributed by atoms with Gasteiger partial charge in [0.05, 0.1) is 13.2 Å². The van der Waals surface area contributed by atoms with Gasteiger partial charge in [-0.05, 0) is 30.2 Å². The minimum Gasteiger partial charge on any atom is -0.475 e. The summed E-state index contributed by atoms with van der Waals surface area (Å²) in [6, 6.07) is 11.9. The van der Waals surface area contributed by atoms with E-state index in [2.05, 4.69) is 34.3 Å². The first-order chi connectivity index (χ1) is 11.7. The van der Waals surface area contributed by atoms with E-state index >= 15 is 0 Å². The maximum atomic E-state index is 5.97. The summed E-state index contributed by atoms with van der Waals surface area (Å²) < 4.78 is 10.6. The molecule has 0 spiro atoms. The van der Waals surface area contributed by atoms with Crippen LogP contribution in [0.25, 0.3) is 0 Å². The molecule has 0 amide bonds. The summed E-state index contributed by atoms with van der Waals surface area (Å²) in [6.07, 6.45) is 2.66. The van der Waals surface area contributed by atoms with Crippen LogP contribution < -0.4 is 15.8 Å². The van der Waals surface area contributed by atoms with E-state index in [1.807, 2.05) is 24.3 Å². The number of benzene rings is 1. The summed E-state index contributed by atoms with van der Waals surface area (Å²) >= 11 is 0. The summed E-state index contributed by atoms with van der Waals surface area (Å²) in [5, 5.41) is 3.11. The smallest absolute Gasteiger partial charge is 0.218 e. The number of aromatic nitrogens is 1. The van der Waals surface area contributed by atoms with Crippen molar-refractivity contribution in [3.8, 4) is 5.88 Å². The number of nitrogens with zero attached hydrogens (tertiary/aromatic N) is 2. The van der Waals surface area contributed by atoms with Crippen LogP contribution in [-0.2, 0) is 17.7 Å². The van der Waals surface area contributed by atoms with Gasteiger partial charge in [-0.2, -0.15) is 0 Å². The minimum absolute atomic E-state index is 0. The zero-order valence-corrected chi connectivity index (χ0v) is 16.9. The van der Waals surface area contributed by atoms with Crippen LogP contribution >= 0.6 is 24.0 Å². The number of nitrogens with two attached hydrogens (primary N) is 1. The Kier molecular flexibility index (Phi) is 9.86. The fraction of sp³-hybridized carbons (Fsp3) is 0.333. The van der Waals surface area contributed by atoms with Gasteiger partial charge in [0.1, 0.15) is 6.61 Å². The second kappa shape index (κ2) is 11.6.